The Morgan fingerprint density at radius 1 is 1.40 bits per heavy atom. The van der Waals surface area contributed by atoms with Gasteiger partial charge in [0.15, 0.2) is 0 Å². The third-order valence-corrected chi connectivity index (χ3v) is 5.62. The van der Waals surface area contributed by atoms with Crippen LogP contribution in [0.15, 0.2) is 23.8 Å². The normalized spacial score (nSPS) is 33.9. The van der Waals surface area contributed by atoms with E-state index in [1.54, 1.807) is 40.7 Å². The van der Waals surface area contributed by atoms with E-state index in [2.05, 4.69) is 11.8 Å². The minimum absolute atomic E-state index is 0.0376. The van der Waals surface area contributed by atoms with Crippen LogP contribution in [0.3, 0.4) is 0 Å². The summed E-state index contributed by atoms with van der Waals surface area (Å²) in [5.74, 6) is 3.08. The molecule has 2 saturated carbocycles. The van der Waals surface area contributed by atoms with E-state index in [-0.39, 0.29) is 17.8 Å². The fraction of sp³-hybridized carbons (Fsp3) is 0.731. The van der Waals surface area contributed by atoms with Crippen LogP contribution in [0.25, 0.3) is 0 Å². The molecule has 2 N–H and O–H groups in total. The summed E-state index contributed by atoms with van der Waals surface area (Å²) in [4.78, 5) is 12.2. The monoisotopic (exact) mass is 422 g/mol. The number of rotatable bonds is 8. The molecule has 0 spiro atoms. The highest BCUT2D eigenvalue weighted by Gasteiger charge is 2.44. The van der Waals surface area contributed by atoms with Crippen molar-refractivity contribution in [2.75, 3.05) is 0 Å². The maximum absolute atomic E-state index is 12.2. The zero-order valence-electron chi connectivity index (χ0n) is 24.7. The van der Waals surface area contributed by atoms with E-state index in [0.717, 1.165) is 5.57 Å². The highest BCUT2D eigenvalue weighted by Crippen LogP contribution is 2.50. The Labute approximate surface area is 191 Å². The Kier molecular flexibility index (Phi) is 6.34. The molecular weight excluding hydrogens is 376 g/mol. The molecule has 30 heavy (non-hydrogen) atoms. The van der Waals surface area contributed by atoms with Crippen LogP contribution in [0, 0.1) is 35.5 Å². The number of esters is 1. The summed E-state index contributed by atoms with van der Waals surface area (Å²) < 4.78 is 53.9. The number of aliphatic hydroxyl groups excluding tert-OH is 2. The van der Waals surface area contributed by atoms with E-state index in [1.165, 1.54) is 12.2 Å². The van der Waals surface area contributed by atoms with E-state index in [9.17, 15) is 15.0 Å². The van der Waals surface area contributed by atoms with Gasteiger partial charge < -0.3 is 14.9 Å². The number of ether oxygens (including phenoxy) is 1. The van der Waals surface area contributed by atoms with Gasteiger partial charge in [-0.1, -0.05) is 30.7 Å². The number of fused-ring (bicyclic) bond motifs is 1. The summed E-state index contributed by atoms with van der Waals surface area (Å²) in [6.07, 6.45) is -2.42. The van der Waals surface area contributed by atoms with Gasteiger partial charge in [0, 0.05) is 26.9 Å². The van der Waals surface area contributed by atoms with Crippen molar-refractivity contribution in [3.8, 4) is 11.8 Å². The zero-order valence-corrected chi connectivity index (χ0v) is 18.7. The fourth-order valence-corrected chi connectivity index (χ4v) is 4.20. The molecular formula is C26H40O4. The highest BCUT2D eigenvalue weighted by atomic mass is 16.6. The molecule has 2 rings (SSSR count). The molecule has 2 aliphatic rings. The first-order chi connectivity index (χ1) is 16.3. The van der Waals surface area contributed by atoms with Crippen molar-refractivity contribution in [1.29, 1.82) is 0 Å². The number of aliphatic hydroxyl groups is 2. The molecule has 0 heterocycles. The lowest BCUT2D eigenvalue weighted by Crippen LogP contribution is -2.23. The summed E-state index contributed by atoms with van der Waals surface area (Å²) in [5, 5.41) is 21.1. The SMILES string of the molecule is [2H]C([2H])(/C=C1\C[C@H]2C[C@@H](O)[C@H](/C=C/[C@@H](O)C(C)C([2H])([2H])C#CC)[C@H]2C1)CC([2H])([2H])C(=O)OC(C)(C)C. The molecule has 0 radical (unpaired) electrons. The first-order valence-electron chi connectivity index (χ1n) is 13.7. The number of hydrogen-bond donors (Lipinski definition) is 2. The van der Waals surface area contributed by atoms with Gasteiger partial charge in [-0.3, -0.25) is 4.79 Å². The molecule has 168 valence electrons. The maximum atomic E-state index is 12.2. The highest BCUT2D eigenvalue weighted by molar-refractivity contribution is 5.69. The average molecular weight is 423 g/mol. The van der Waals surface area contributed by atoms with Crippen molar-refractivity contribution in [3.05, 3.63) is 23.8 Å². The second-order valence-corrected chi connectivity index (χ2v) is 9.26. The Hall–Kier alpha value is -1.57. The van der Waals surface area contributed by atoms with Crippen LogP contribution in [0.1, 0.15) is 87.6 Å². The van der Waals surface area contributed by atoms with Crippen LogP contribution in [0.5, 0.6) is 0 Å². The van der Waals surface area contributed by atoms with Gasteiger partial charge in [0.05, 0.1) is 12.2 Å². The largest absolute Gasteiger partial charge is 0.460 e. The number of allylic oxidation sites excluding steroid dienone is 2. The van der Waals surface area contributed by atoms with Gasteiger partial charge >= 0.3 is 5.97 Å². The van der Waals surface area contributed by atoms with Crippen molar-refractivity contribution >= 4 is 5.97 Å². The van der Waals surface area contributed by atoms with Crippen molar-refractivity contribution in [2.45, 2.75) is 97.2 Å². The molecule has 0 aliphatic heterocycles. The van der Waals surface area contributed by atoms with Gasteiger partial charge in [-0.15, -0.1) is 11.8 Å². The van der Waals surface area contributed by atoms with E-state index in [1.807, 2.05) is 0 Å². The lowest BCUT2D eigenvalue weighted by atomic mass is 9.89. The molecule has 0 saturated heterocycles. The van der Waals surface area contributed by atoms with Gasteiger partial charge in [0.2, 0.25) is 0 Å². The van der Waals surface area contributed by atoms with E-state index in [0.29, 0.717) is 19.3 Å². The molecule has 2 fully saturated rings. The topological polar surface area (TPSA) is 66.8 Å². The van der Waals surface area contributed by atoms with Gasteiger partial charge in [0.25, 0.3) is 0 Å². The quantitative estimate of drug-likeness (QED) is 0.335. The third kappa shape index (κ3) is 7.60. The minimum Gasteiger partial charge on any atom is -0.460 e. The number of carbonyl (C=O) groups excluding carboxylic acids is 1. The van der Waals surface area contributed by atoms with Gasteiger partial charge in [-0.25, -0.2) is 0 Å². The van der Waals surface area contributed by atoms with E-state index in [4.69, 9.17) is 13.0 Å². The Morgan fingerprint density at radius 3 is 2.80 bits per heavy atom. The van der Waals surface area contributed by atoms with Crippen LogP contribution in [-0.4, -0.2) is 34.0 Å². The standard InChI is InChI=1S/C26H40O4/c1-6-7-10-18(2)23(27)14-13-21-22-16-19(15-20(22)17-24(21)28)11-8-9-12-25(29)30-26(3,4)5/h11,13-14,18,20-24,27-28H,8-10,12,15-17H2,1-5H3/b14-13+,19-11+/t18?,20-,21+,22-,23+,24+/m0/s1/i8D2,10D2,12D2. The van der Waals surface area contributed by atoms with Crippen molar-refractivity contribution < 1.29 is 28.0 Å². The lowest BCUT2D eigenvalue weighted by molar-refractivity contribution is -0.154. The Morgan fingerprint density at radius 2 is 2.13 bits per heavy atom. The lowest BCUT2D eigenvalue weighted by Gasteiger charge is -2.19. The third-order valence-electron chi connectivity index (χ3n) is 5.62. The van der Waals surface area contributed by atoms with Crippen LogP contribution in [0.4, 0.5) is 0 Å². The van der Waals surface area contributed by atoms with E-state index < -0.39 is 55.2 Å². The molecule has 2 aliphatic carbocycles. The average Bonchev–Trinajstić information content (AvgIpc) is 3.18. The molecule has 0 aromatic carbocycles. The Bertz CT molecular complexity index is 925. The van der Waals surface area contributed by atoms with E-state index >= 15 is 0 Å². The smallest absolute Gasteiger partial charge is 0.306 e. The van der Waals surface area contributed by atoms with Crippen LogP contribution >= 0.6 is 0 Å². The molecule has 4 heteroatoms. The maximum Gasteiger partial charge on any atom is 0.306 e. The summed E-state index contributed by atoms with van der Waals surface area (Å²) in [6.45, 7) is 8.01. The van der Waals surface area contributed by atoms with Crippen LogP contribution in [0.2, 0.25) is 0 Å². The summed E-state index contributed by atoms with van der Waals surface area (Å²) >= 11 is 0. The molecule has 4 nitrogen and oxygen atoms in total. The molecule has 6 atom stereocenters. The van der Waals surface area contributed by atoms with Crippen molar-refractivity contribution in [3.63, 3.8) is 0 Å². The summed E-state index contributed by atoms with van der Waals surface area (Å²) in [7, 11) is 0. The van der Waals surface area contributed by atoms with Gasteiger partial charge in [-0.05, 0) is 77.5 Å². The van der Waals surface area contributed by atoms with Gasteiger partial charge in [-0.2, -0.15) is 0 Å². The van der Waals surface area contributed by atoms with Crippen LogP contribution < -0.4 is 0 Å². The van der Waals surface area contributed by atoms with Gasteiger partial charge in [0.1, 0.15) is 5.60 Å². The summed E-state index contributed by atoms with van der Waals surface area (Å²) in [6, 6.07) is 0. The predicted octanol–water partition coefficient (Wildman–Crippen LogP) is 4.80. The molecule has 0 aromatic heterocycles. The first-order valence-corrected chi connectivity index (χ1v) is 10.7. The second-order valence-electron chi connectivity index (χ2n) is 9.26. The predicted molar refractivity (Wildman–Crippen MR) is 120 cm³/mol. The molecule has 0 amide bonds. The zero-order chi connectivity index (χ0) is 27.7. The fourth-order valence-electron chi connectivity index (χ4n) is 4.20. The second kappa shape index (κ2) is 11.2. The molecule has 0 bridgehead atoms. The Balaban J connectivity index is 2.10. The minimum atomic E-state index is -2.48. The first kappa shape index (κ1) is 17.0. The molecule has 0 aromatic rings. The van der Waals surface area contributed by atoms with Crippen molar-refractivity contribution in [2.24, 2.45) is 23.7 Å². The molecule has 1 unspecified atom stereocenters. The summed E-state index contributed by atoms with van der Waals surface area (Å²) in [5.41, 5.74) is -0.0526. The van der Waals surface area contributed by atoms with Crippen LogP contribution in [-0.2, 0) is 9.53 Å². The number of carbonyl (C=O) groups is 1. The van der Waals surface area contributed by atoms with Crippen molar-refractivity contribution in [1.82, 2.24) is 0 Å². The number of hydrogen-bond acceptors (Lipinski definition) is 4.